The fraction of sp³-hybridized carbons (Fsp3) is 0.500. The number of Topliss-reactive ketones (excluding diaryl/α,β-unsaturated/α-hetero) is 2. The second-order valence-electron chi connectivity index (χ2n) is 6.27. The molecule has 0 aromatic heterocycles. The van der Waals surface area contributed by atoms with Gasteiger partial charge in [0.05, 0.1) is 4.48 Å². The predicted molar refractivity (Wildman–Crippen MR) is 102 cm³/mol. The molecule has 0 saturated heterocycles. The summed E-state index contributed by atoms with van der Waals surface area (Å²) in [5, 5.41) is 0. The molecule has 0 aliphatic heterocycles. The van der Waals surface area contributed by atoms with E-state index in [2.05, 4.69) is 34.7 Å². The van der Waals surface area contributed by atoms with Crippen LogP contribution in [0.1, 0.15) is 73.1 Å². The summed E-state index contributed by atoms with van der Waals surface area (Å²) < 4.78 is 0.416. The summed E-state index contributed by atoms with van der Waals surface area (Å²) in [5.41, 5.74) is 1.57. The average Bonchev–Trinajstić information content (AvgIpc) is 2.60. The van der Waals surface area contributed by atoms with Crippen molar-refractivity contribution in [2.45, 2.75) is 52.4 Å². The lowest BCUT2D eigenvalue weighted by molar-refractivity contribution is 0.0946. The van der Waals surface area contributed by atoms with Crippen molar-refractivity contribution < 1.29 is 9.59 Å². The van der Waals surface area contributed by atoms with Crippen molar-refractivity contribution in [1.29, 1.82) is 0 Å². The summed E-state index contributed by atoms with van der Waals surface area (Å²) >= 11 is 3.42. The first-order chi connectivity index (χ1) is 11.6. The monoisotopic (exact) mass is 391 g/mol. The van der Waals surface area contributed by atoms with E-state index in [1.807, 2.05) is 6.07 Å². The van der Waals surface area contributed by atoms with E-state index in [-0.39, 0.29) is 11.6 Å². The molecule has 2 rings (SSSR count). The summed E-state index contributed by atoms with van der Waals surface area (Å²) in [6.07, 6.45) is 6.62. The summed E-state index contributed by atoms with van der Waals surface area (Å²) in [4.78, 5) is 27.8. The van der Waals surface area contributed by atoms with Gasteiger partial charge in [-0.1, -0.05) is 63.8 Å². The highest BCUT2D eigenvalue weighted by molar-refractivity contribution is 9.12. The van der Waals surface area contributed by atoms with Crippen molar-refractivity contribution in [2.24, 2.45) is 0 Å². The van der Waals surface area contributed by atoms with Gasteiger partial charge in [-0.05, 0) is 28.8 Å². The van der Waals surface area contributed by atoms with Crippen LogP contribution in [0, 0.1) is 0 Å². The topological polar surface area (TPSA) is 37.4 Å². The number of ketones is 2. The molecular weight excluding hydrogens is 366 g/mol. The Balaban J connectivity index is 2.30. The first kappa shape index (κ1) is 18.9. The van der Waals surface area contributed by atoms with Crippen LogP contribution in [-0.2, 0) is 0 Å². The molecule has 0 amide bonds. The Bertz CT molecular complexity index is 626. The molecule has 0 radical (unpaired) electrons. The van der Waals surface area contributed by atoms with Crippen LogP contribution in [0.25, 0.3) is 0 Å². The molecule has 1 aromatic carbocycles. The van der Waals surface area contributed by atoms with Crippen LogP contribution < -0.4 is 0 Å². The molecule has 1 aliphatic rings. The quantitative estimate of drug-likeness (QED) is 0.532. The highest BCUT2D eigenvalue weighted by Gasteiger charge is 2.33. The maximum Gasteiger partial charge on any atom is 0.211 e. The van der Waals surface area contributed by atoms with Gasteiger partial charge in [0.25, 0.3) is 0 Å². The molecule has 0 saturated carbocycles. The molecule has 0 heterocycles. The SMILES string of the molecule is CCCCCN(CCCCC)C1=C(Br)C(=O)c2ccccc2C1=O. The first-order valence-electron chi connectivity index (χ1n) is 8.94. The summed E-state index contributed by atoms with van der Waals surface area (Å²) in [6.45, 7) is 5.98. The minimum absolute atomic E-state index is 0.0370. The number of unbranched alkanes of at least 4 members (excludes halogenated alkanes) is 4. The van der Waals surface area contributed by atoms with Crippen molar-refractivity contribution in [3.8, 4) is 0 Å². The van der Waals surface area contributed by atoms with E-state index in [0.717, 1.165) is 51.6 Å². The Kier molecular flexibility index (Phi) is 7.22. The zero-order valence-corrected chi connectivity index (χ0v) is 16.2. The molecule has 1 aromatic rings. The molecule has 0 atom stereocenters. The van der Waals surface area contributed by atoms with Crippen molar-refractivity contribution in [3.05, 3.63) is 45.6 Å². The van der Waals surface area contributed by atoms with Gasteiger partial charge >= 0.3 is 0 Å². The Labute approximate surface area is 153 Å². The van der Waals surface area contributed by atoms with Crippen LogP contribution in [0.4, 0.5) is 0 Å². The van der Waals surface area contributed by atoms with Gasteiger partial charge in [-0.15, -0.1) is 0 Å². The minimum Gasteiger partial charge on any atom is -0.367 e. The molecule has 0 N–H and O–H groups in total. The standard InChI is InChI=1S/C20H26BrNO2/c1-3-5-9-13-22(14-10-6-4-2)18-17(21)19(23)15-11-7-8-12-16(15)20(18)24/h7-8,11-12H,3-6,9-10,13-14H2,1-2H3. The van der Waals surface area contributed by atoms with Gasteiger partial charge < -0.3 is 4.90 Å². The molecule has 1 aliphatic carbocycles. The minimum atomic E-state index is -0.0869. The van der Waals surface area contributed by atoms with Crippen LogP contribution in [0.2, 0.25) is 0 Å². The highest BCUT2D eigenvalue weighted by Crippen LogP contribution is 2.32. The van der Waals surface area contributed by atoms with Gasteiger partial charge in [-0.3, -0.25) is 9.59 Å². The van der Waals surface area contributed by atoms with Crippen LogP contribution in [-0.4, -0.2) is 29.6 Å². The molecule has 0 unspecified atom stereocenters. The lowest BCUT2D eigenvalue weighted by Gasteiger charge is -2.30. The number of carbonyl (C=O) groups is 2. The summed E-state index contributed by atoms with van der Waals surface area (Å²) in [6, 6.07) is 7.10. The molecule has 4 heteroatoms. The molecule has 130 valence electrons. The van der Waals surface area contributed by atoms with Gasteiger partial charge in [0.1, 0.15) is 5.70 Å². The number of allylic oxidation sites excluding steroid dienone is 2. The second kappa shape index (κ2) is 9.16. The van der Waals surface area contributed by atoms with Crippen LogP contribution in [0.5, 0.6) is 0 Å². The van der Waals surface area contributed by atoms with Crippen molar-refractivity contribution >= 4 is 27.5 Å². The predicted octanol–water partition coefficient (Wildman–Crippen LogP) is 5.35. The van der Waals surface area contributed by atoms with E-state index in [4.69, 9.17) is 0 Å². The van der Waals surface area contributed by atoms with Crippen molar-refractivity contribution in [1.82, 2.24) is 4.90 Å². The second-order valence-corrected chi connectivity index (χ2v) is 7.06. The van der Waals surface area contributed by atoms with Crippen molar-refractivity contribution in [2.75, 3.05) is 13.1 Å². The van der Waals surface area contributed by atoms with Gasteiger partial charge in [0.2, 0.25) is 11.6 Å². The smallest absolute Gasteiger partial charge is 0.211 e. The number of hydrogen-bond donors (Lipinski definition) is 0. The molecule has 3 nitrogen and oxygen atoms in total. The third-order valence-electron chi connectivity index (χ3n) is 4.42. The van der Waals surface area contributed by atoms with E-state index in [1.54, 1.807) is 18.2 Å². The Hall–Kier alpha value is -1.42. The normalized spacial score (nSPS) is 14.1. The molecule has 0 spiro atoms. The van der Waals surface area contributed by atoms with E-state index in [9.17, 15) is 9.59 Å². The lowest BCUT2D eigenvalue weighted by atomic mass is 9.92. The first-order valence-corrected chi connectivity index (χ1v) is 9.74. The zero-order valence-electron chi connectivity index (χ0n) is 14.6. The molecule has 0 bridgehead atoms. The van der Waals surface area contributed by atoms with Gasteiger partial charge in [-0.25, -0.2) is 0 Å². The number of fused-ring (bicyclic) bond motifs is 1. The van der Waals surface area contributed by atoms with Crippen LogP contribution >= 0.6 is 15.9 Å². The number of carbonyl (C=O) groups excluding carboxylic acids is 2. The highest BCUT2D eigenvalue weighted by atomic mass is 79.9. The number of halogens is 1. The number of benzene rings is 1. The summed E-state index contributed by atoms with van der Waals surface area (Å²) in [7, 11) is 0. The van der Waals surface area contributed by atoms with Gasteiger partial charge in [0, 0.05) is 24.2 Å². The zero-order chi connectivity index (χ0) is 17.5. The fourth-order valence-corrected chi connectivity index (χ4v) is 3.70. The Morgan fingerprint density at radius 1 is 0.833 bits per heavy atom. The number of nitrogens with zero attached hydrogens (tertiary/aromatic N) is 1. The molecule has 0 fully saturated rings. The fourth-order valence-electron chi connectivity index (χ4n) is 3.06. The maximum atomic E-state index is 13.0. The Morgan fingerprint density at radius 3 is 1.83 bits per heavy atom. The number of hydrogen-bond acceptors (Lipinski definition) is 3. The molecular formula is C20H26BrNO2. The van der Waals surface area contributed by atoms with Gasteiger partial charge in [0.15, 0.2) is 0 Å². The maximum absolute atomic E-state index is 13.0. The lowest BCUT2D eigenvalue weighted by Crippen LogP contribution is -2.34. The van der Waals surface area contributed by atoms with E-state index in [1.165, 1.54) is 0 Å². The van der Waals surface area contributed by atoms with E-state index < -0.39 is 0 Å². The third kappa shape index (κ3) is 4.15. The van der Waals surface area contributed by atoms with Crippen LogP contribution in [0.3, 0.4) is 0 Å². The van der Waals surface area contributed by atoms with Crippen LogP contribution in [0.15, 0.2) is 34.4 Å². The average molecular weight is 392 g/mol. The number of rotatable bonds is 9. The summed E-state index contributed by atoms with van der Waals surface area (Å²) in [5.74, 6) is -0.124. The van der Waals surface area contributed by atoms with E-state index in [0.29, 0.717) is 21.3 Å². The third-order valence-corrected chi connectivity index (χ3v) is 5.15. The van der Waals surface area contributed by atoms with Gasteiger partial charge in [-0.2, -0.15) is 0 Å². The largest absolute Gasteiger partial charge is 0.367 e. The van der Waals surface area contributed by atoms with Crippen molar-refractivity contribution in [3.63, 3.8) is 0 Å². The molecule has 24 heavy (non-hydrogen) atoms. The van der Waals surface area contributed by atoms with E-state index >= 15 is 0 Å². The Morgan fingerprint density at radius 2 is 1.33 bits per heavy atom.